The molecule has 0 saturated heterocycles. The molecule has 5 nitrogen and oxygen atoms in total. The normalized spacial score (nSPS) is 12.1. The Kier molecular flexibility index (Phi) is 3.52. The maximum Gasteiger partial charge on any atom is 0.241 e. The fourth-order valence-electron chi connectivity index (χ4n) is 1.91. The van der Waals surface area contributed by atoms with Crippen LogP contribution in [0.15, 0.2) is 40.7 Å². The highest BCUT2D eigenvalue weighted by Crippen LogP contribution is 2.16. The molecule has 8 heteroatoms. The van der Waals surface area contributed by atoms with Crippen molar-refractivity contribution in [3.05, 3.63) is 53.0 Å². The van der Waals surface area contributed by atoms with Crippen molar-refractivity contribution in [2.24, 2.45) is 0 Å². The number of aromatic nitrogens is 2. The van der Waals surface area contributed by atoms with Crippen LogP contribution in [0, 0.1) is 12.7 Å². The third kappa shape index (κ3) is 2.82. The first kappa shape index (κ1) is 14.2. The summed E-state index contributed by atoms with van der Waals surface area (Å²) in [5.41, 5.74) is 1.66. The molecular weight excluding hydrogens is 313 g/mol. The largest absolute Gasteiger partial charge is 0.295 e. The fourth-order valence-corrected chi connectivity index (χ4v) is 3.81. The Morgan fingerprint density at radius 3 is 2.95 bits per heavy atom. The van der Waals surface area contributed by atoms with Gasteiger partial charge < -0.3 is 0 Å². The van der Waals surface area contributed by atoms with Crippen molar-refractivity contribution in [3.8, 4) is 0 Å². The highest BCUT2D eigenvalue weighted by Gasteiger charge is 2.15. The topological polar surface area (TPSA) is 63.5 Å². The lowest BCUT2D eigenvalue weighted by atomic mass is 10.4. The lowest BCUT2D eigenvalue weighted by molar-refractivity contribution is 0.576. The van der Waals surface area contributed by atoms with Gasteiger partial charge in [-0.2, -0.15) is 0 Å². The number of rotatable bonds is 4. The summed E-state index contributed by atoms with van der Waals surface area (Å²) in [5, 5.41) is 1.98. The van der Waals surface area contributed by atoms with E-state index in [0.717, 1.165) is 16.7 Å². The molecule has 0 radical (unpaired) electrons. The molecule has 0 amide bonds. The molecule has 0 atom stereocenters. The zero-order valence-electron chi connectivity index (χ0n) is 11.1. The molecule has 1 N–H and O–H groups in total. The number of aryl methyl sites for hydroxylation is 1. The van der Waals surface area contributed by atoms with Crippen LogP contribution in [0.25, 0.3) is 4.96 Å². The van der Waals surface area contributed by atoms with E-state index in [4.69, 9.17) is 0 Å². The van der Waals surface area contributed by atoms with Crippen LogP contribution in [-0.2, 0) is 16.6 Å². The highest BCUT2D eigenvalue weighted by atomic mass is 32.2. The average Bonchev–Trinajstić information content (AvgIpc) is 2.99. The van der Waals surface area contributed by atoms with Crippen LogP contribution < -0.4 is 4.72 Å². The number of nitrogens with zero attached hydrogens (tertiary/aromatic N) is 2. The van der Waals surface area contributed by atoms with Crippen molar-refractivity contribution in [3.63, 3.8) is 0 Å². The van der Waals surface area contributed by atoms with Crippen LogP contribution in [-0.4, -0.2) is 17.8 Å². The van der Waals surface area contributed by atoms with Gasteiger partial charge in [0.25, 0.3) is 0 Å². The molecule has 21 heavy (non-hydrogen) atoms. The number of nitrogens with one attached hydrogen (secondary N) is 1. The van der Waals surface area contributed by atoms with Gasteiger partial charge in [0.2, 0.25) is 10.0 Å². The summed E-state index contributed by atoms with van der Waals surface area (Å²) >= 11 is 1.49. The van der Waals surface area contributed by atoms with Gasteiger partial charge in [-0.1, -0.05) is 6.07 Å². The van der Waals surface area contributed by atoms with Crippen LogP contribution in [0.4, 0.5) is 4.39 Å². The molecule has 0 fully saturated rings. The highest BCUT2D eigenvalue weighted by molar-refractivity contribution is 7.89. The van der Waals surface area contributed by atoms with Crippen LogP contribution >= 0.6 is 11.3 Å². The number of benzene rings is 1. The lowest BCUT2D eigenvalue weighted by Crippen LogP contribution is -2.23. The van der Waals surface area contributed by atoms with Crippen LogP contribution in [0.3, 0.4) is 0 Å². The Morgan fingerprint density at radius 2 is 2.24 bits per heavy atom. The molecule has 3 rings (SSSR count). The van der Waals surface area contributed by atoms with Crippen LogP contribution in [0.1, 0.15) is 11.4 Å². The van der Waals surface area contributed by atoms with E-state index in [1.165, 1.54) is 29.5 Å². The van der Waals surface area contributed by atoms with Crippen molar-refractivity contribution in [1.82, 2.24) is 14.1 Å². The Morgan fingerprint density at radius 1 is 1.43 bits per heavy atom. The van der Waals surface area contributed by atoms with E-state index >= 15 is 0 Å². The summed E-state index contributed by atoms with van der Waals surface area (Å²) in [6, 6.07) is 4.89. The number of hydrogen-bond donors (Lipinski definition) is 1. The van der Waals surface area contributed by atoms with Crippen molar-refractivity contribution in [2.45, 2.75) is 18.4 Å². The molecule has 1 aromatic carbocycles. The molecule has 0 bridgehead atoms. The number of fused-ring (bicyclic) bond motifs is 1. The number of thiazole rings is 1. The van der Waals surface area contributed by atoms with Gasteiger partial charge in [-0.15, -0.1) is 11.3 Å². The molecule has 0 aliphatic rings. The Bertz CT molecular complexity index is 899. The SMILES string of the molecule is Cc1csc2nc(CNS(=O)(=O)c3cccc(F)c3)cn12. The molecule has 0 aliphatic heterocycles. The number of imidazole rings is 1. The van der Waals surface area contributed by atoms with Crippen LogP contribution in [0.5, 0.6) is 0 Å². The minimum Gasteiger partial charge on any atom is -0.295 e. The zero-order valence-corrected chi connectivity index (χ0v) is 12.7. The number of hydrogen-bond acceptors (Lipinski definition) is 4. The van der Waals surface area contributed by atoms with Gasteiger partial charge >= 0.3 is 0 Å². The van der Waals surface area contributed by atoms with E-state index in [1.807, 2.05) is 16.7 Å². The predicted octanol–water partition coefficient (Wildman–Crippen LogP) is 2.32. The number of sulfonamides is 1. The first-order valence-electron chi connectivity index (χ1n) is 6.13. The van der Waals surface area contributed by atoms with Gasteiger partial charge in [0.1, 0.15) is 5.82 Å². The van der Waals surface area contributed by atoms with Crippen molar-refractivity contribution in [1.29, 1.82) is 0 Å². The van der Waals surface area contributed by atoms with Gasteiger partial charge in [0.15, 0.2) is 4.96 Å². The summed E-state index contributed by atoms with van der Waals surface area (Å²) in [4.78, 5) is 5.04. The maximum absolute atomic E-state index is 13.1. The van der Waals surface area contributed by atoms with E-state index in [0.29, 0.717) is 5.69 Å². The zero-order chi connectivity index (χ0) is 15.0. The molecule has 2 aromatic heterocycles. The molecule has 110 valence electrons. The fraction of sp³-hybridized carbons (Fsp3) is 0.154. The van der Waals surface area contributed by atoms with E-state index in [1.54, 1.807) is 6.20 Å². The average molecular weight is 325 g/mol. The van der Waals surface area contributed by atoms with Crippen molar-refractivity contribution >= 4 is 26.3 Å². The minimum absolute atomic E-state index is 0.0622. The third-order valence-corrected chi connectivity index (χ3v) is 5.34. The predicted molar refractivity (Wildman–Crippen MR) is 78.2 cm³/mol. The Balaban J connectivity index is 1.80. The van der Waals surface area contributed by atoms with Gasteiger partial charge in [-0.25, -0.2) is 22.5 Å². The quantitative estimate of drug-likeness (QED) is 0.801. The minimum atomic E-state index is -3.75. The van der Waals surface area contributed by atoms with E-state index < -0.39 is 15.8 Å². The first-order chi connectivity index (χ1) is 9.95. The maximum atomic E-state index is 13.1. The molecule has 0 aliphatic carbocycles. The van der Waals surface area contributed by atoms with Gasteiger partial charge in [-0.3, -0.25) is 4.40 Å². The standard InChI is InChI=1S/C13H12FN3O2S2/c1-9-8-20-13-16-11(7-17(9)13)6-15-21(18,19)12-4-2-3-10(14)5-12/h2-5,7-8,15H,6H2,1H3. The van der Waals surface area contributed by atoms with E-state index in [2.05, 4.69) is 9.71 Å². The summed E-state index contributed by atoms with van der Waals surface area (Å²) in [6.45, 7) is 2.01. The Hall–Kier alpha value is -1.77. The second-order valence-corrected chi connectivity index (χ2v) is 7.15. The molecular formula is C13H12FN3O2S2. The van der Waals surface area contributed by atoms with Gasteiger partial charge in [0.05, 0.1) is 17.1 Å². The summed E-state index contributed by atoms with van der Waals surface area (Å²) < 4.78 is 41.6. The van der Waals surface area contributed by atoms with Crippen molar-refractivity contribution in [2.75, 3.05) is 0 Å². The van der Waals surface area contributed by atoms with E-state index in [9.17, 15) is 12.8 Å². The molecule has 0 unspecified atom stereocenters. The van der Waals surface area contributed by atoms with Gasteiger partial charge in [0, 0.05) is 17.3 Å². The smallest absolute Gasteiger partial charge is 0.241 e. The summed E-state index contributed by atoms with van der Waals surface area (Å²) in [7, 11) is -3.75. The molecule has 2 heterocycles. The summed E-state index contributed by atoms with van der Waals surface area (Å²) in [6.07, 6.45) is 1.79. The second kappa shape index (κ2) is 5.21. The van der Waals surface area contributed by atoms with Gasteiger partial charge in [-0.05, 0) is 25.1 Å². The molecule has 0 spiro atoms. The first-order valence-corrected chi connectivity index (χ1v) is 8.49. The third-order valence-electron chi connectivity index (χ3n) is 2.99. The van der Waals surface area contributed by atoms with Crippen molar-refractivity contribution < 1.29 is 12.8 Å². The second-order valence-electron chi connectivity index (χ2n) is 4.54. The Labute approximate surface area is 125 Å². The number of halogens is 1. The van der Waals surface area contributed by atoms with E-state index in [-0.39, 0.29) is 11.4 Å². The summed E-state index contributed by atoms with van der Waals surface area (Å²) in [5.74, 6) is -0.587. The lowest BCUT2D eigenvalue weighted by Gasteiger charge is -2.05. The monoisotopic (exact) mass is 325 g/mol. The molecule has 0 saturated carbocycles. The van der Waals surface area contributed by atoms with Crippen LogP contribution in [0.2, 0.25) is 0 Å². The molecule has 3 aromatic rings.